The lowest BCUT2D eigenvalue weighted by Crippen LogP contribution is -2.21. The largest absolute Gasteiger partial charge is 0.310 e. The summed E-state index contributed by atoms with van der Waals surface area (Å²) in [7, 11) is 0. The second kappa shape index (κ2) is 7.83. The number of rotatable bonds is 7. The van der Waals surface area contributed by atoms with Gasteiger partial charge in [-0.05, 0) is 46.4 Å². The van der Waals surface area contributed by atoms with Crippen LogP contribution in [0.5, 0.6) is 0 Å². The Morgan fingerprint density at radius 2 is 2.06 bits per heavy atom. The summed E-state index contributed by atoms with van der Waals surface area (Å²) in [5.74, 6) is 0.790. The van der Waals surface area contributed by atoms with E-state index in [1.807, 2.05) is 12.4 Å². The minimum absolute atomic E-state index is 0.434. The van der Waals surface area contributed by atoms with Crippen molar-refractivity contribution in [2.45, 2.75) is 46.1 Å². The molecule has 0 aliphatic heterocycles. The van der Waals surface area contributed by atoms with E-state index in [-0.39, 0.29) is 0 Å². The lowest BCUT2D eigenvalue weighted by Gasteiger charge is -2.18. The Kier molecular flexibility index (Phi) is 6.75. The monoisotopic (exact) mass is 298 g/mol. The zero-order valence-electron chi connectivity index (χ0n) is 11.0. The van der Waals surface area contributed by atoms with Gasteiger partial charge >= 0.3 is 0 Å². The summed E-state index contributed by atoms with van der Waals surface area (Å²) in [5, 5.41) is 3.54. The molecule has 0 aromatic carbocycles. The van der Waals surface area contributed by atoms with Crippen molar-refractivity contribution in [1.29, 1.82) is 0 Å². The second-order valence-electron chi connectivity index (χ2n) is 4.87. The average Bonchev–Trinajstić information content (AvgIpc) is 2.27. The first-order valence-electron chi connectivity index (χ1n) is 6.47. The van der Waals surface area contributed by atoms with Crippen LogP contribution in [0.3, 0.4) is 0 Å². The van der Waals surface area contributed by atoms with E-state index in [1.54, 1.807) is 0 Å². The van der Waals surface area contributed by atoms with Crippen LogP contribution in [-0.2, 0) is 0 Å². The van der Waals surface area contributed by atoms with E-state index in [9.17, 15) is 0 Å². The molecule has 0 saturated heterocycles. The van der Waals surface area contributed by atoms with Gasteiger partial charge in [0.05, 0.1) is 0 Å². The van der Waals surface area contributed by atoms with Crippen LogP contribution < -0.4 is 5.32 Å². The van der Waals surface area contributed by atoms with Gasteiger partial charge in [0.15, 0.2) is 0 Å². The van der Waals surface area contributed by atoms with E-state index in [4.69, 9.17) is 0 Å². The summed E-state index contributed by atoms with van der Waals surface area (Å²) in [5.41, 5.74) is 1.28. The molecule has 1 rings (SSSR count). The van der Waals surface area contributed by atoms with Crippen LogP contribution in [-0.4, -0.2) is 11.5 Å². The maximum Gasteiger partial charge on any atom is 0.0410 e. The topological polar surface area (TPSA) is 24.9 Å². The number of aromatic nitrogens is 1. The Balaban J connectivity index is 2.58. The Morgan fingerprint density at radius 3 is 2.65 bits per heavy atom. The van der Waals surface area contributed by atoms with Crippen LogP contribution in [0.2, 0.25) is 0 Å². The molecule has 1 N–H and O–H groups in total. The first-order chi connectivity index (χ1) is 8.13. The number of hydrogen-bond acceptors (Lipinski definition) is 2. The fraction of sp³-hybridized carbons (Fsp3) is 0.643. The first-order valence-corrected chi connectivity index (χ1v) is 7.26. The van der Waals surface area contributed by atoms with Crippen molar-refractivity contribution in [1.82, 2.24) is 10.3 Å². The zero-order chi connectivity index (χ0) is 12.7. The molecular formula is C14H23BrN2. The molecule has 0 radical (unpaired) electrons. The molecule has 0 fully saturated rings. The van der Waals surface area contributed by atoms with E-state index >= 15 is 0 Å². The minimum Gasteiger partial charge on any atom is -0.310 e. The quantitative estimate of drug-likeness (QED) is 0.811. The highest BCUT2D eigenvalue weighted by molar-refractivity contribution is 9.10. The molecular weight excluding hydrogens is 276 g/mol. The molecule has 1 heterocycles. The average molecular weight is 299 g/mol. The molecule has 3 heteroatoms. The summed E-state index contributed by atoms with van der Waals surface area (Å²) in [6.07, 6.45) is 7.55. The second-order valence-corrected chi connectivity index (χ2v) is 5.79. The molecule has 17 heavy (non-hydrogen) atoms. The number of nitrogens with zero attached hydrogens (tertiary/aromatic N) is 1. The van der Waals surface area contributed by atoms with Gasteiger partial charge in [-0.3, -0.25) is 4.98 Å². The summed E-state index contributed by atoms with van der Waals surface area (Å²) in [6.45, 7) is 7.71. The van der Waals surface area contributed by atoms with Crippen molar-refractivity contribution in [2.24, 2.45) is 5.92 Å². The van der Waals surface area contributed by atoms with Gasteiger partial charge in [0.2, 0.25) is 0 Å². The number of hydrogen-bond donors (Lipinski definition) is 1. The van der Waals surface area contributed by atoms with Crippen molar-refractivity contribution >= 4 is 15.9 Å². The van der Waals surface area contributed by atoms with E-state index in [0.29, 0.717) is 6.04 Å². The molecule has 2 nitrogen and oxygen atoms in total. The summed E-state index contributed by atoms with van der Waals surface area (Å²) < 4.78 is 1.06. The third kappa shape index (κ3) is 5.64. The first kappa shape index (κ1) is 14.7. The van der Waals surface area contributed by atoms with E-state index < -0.39 is 0 Å². The maximum atomic E-state index is 4.24. The van der Waals surface area contributed by atoms with Crippen molar-refractivity contribution in [3.8, 4) is 0 Å². The smallest absolute Gasteiger partial charge is 0.0410 e. The Morgan fingerprint density at radius 1 is 1.29 bits per heavy atom. The molecule has 0 aliphatic rings. The molecule has 1 atom stereocenters. The normalized spacial score (nSPS) is 13.0. The molecule has 0 aliphatic carbocycles. The maximum absolute atomic E-state index is 4.24. The van der Waals surface area contributed by atoms with Crippen molar-refractivity contribution in [3.05, 3.63) is 28.5 Å². The Labute approximate surface area is 113 Å². The minimum atomic E-state index is 0.434. The van der Waals surface area contributed by atoms with Crippen molar-refractivity contribution in [2.75, 3.05) is 6.54 Å². The van der Waals surface area contributed by atoms with Crippen LogP contribution in [0, 0.1) is 5.92 Å². The standard InChI is InChI=1S/C14H23BrN2/c1-4-17-14(7-5-6-11(2)3)12-8-13(15)10-16-9-12/h8-11,14,17H,4-7H2,1-3H3. The van der Waals surface area contributed by atoms with Crippen molar-refractivity contribution < 1.29 is 0 Å². The summed E-state index contributed by atoms with van der Waals surface area (Å²) >= 11 is 3.48. The lowest BCUT2D eigenvalue weighted by molar-refractivity contribution is 0.454. The Hall–Kier alpha value is -0.410. The van der Waals surface area contributed by atoms with Crippen LogP contribution in [0.4, 0.5) is 0 Å². The molecule has 0 amide bonds. The highest BCUT2D eigenvalue weighted by atomic mass is 79.9. The SMILES string of the molecule is CCNC(CCCC(C)C)c1cncc(Br)c1. The van der Waals surface area contributed by atoms with Crippen LogP contribution in [0.1, 0.15) is 51.6 Å². The summed E-state index contributed by atoms with van der Waals surface area (Å²) in [4.78, 5) is 4.24. The predicted octanol–water partition coefficient (Wildman–Crippen LogP) is 4.32. The van der Waals surface area contributed by atoms with Gasteiger partial charge < -0.3 is 5.32 Å². The van der Waals surface area contributed by atoms with Gasteiger partial charge in [0, 0.05) is 22.9 Å². The molecule has 0 spiro atoms. The fourth-order valence-electron chi connectivity index (χ4n) is 1.98. The lowest BCUT2D eigenvalue weighted by atomic mass is 9.99. The predicted molar refractivity (Wildman–Crippen MR) is 77.0 cm³/mol. The van der Waals surface area contributed by atoms with Crippen molar-refractivity contribution in [3.63, 3.8) is 0 Å². The van der Waals surface area contributed by atoms with Gasteiger partial charge in [-0.25, -0.2) is 0 Å². The highest BCUT2D eigenvalue weighted by Gasteiger charge is 2.11. The van der Waals surface area contributed by atoms with Crippen LogP contribution in [0.15, 0.2) is 22.9 Å². The fourth-order valence-corrected chi connectivity index (χ4v) is 2.36. The number of nitrogens with one attached hydrogen (secondary N) is 1. The van der Waals surface area contributed by atoms with Gasteiger partial charge in [-0.1, -0.05) is 33.6 Å². The zero-order valence-corrected chi connectivity index (χ0v) is 12.6. The van der Waals surface area contributed by atoms with Gasteiger partial charge in [0.25, 0.3) is 0 Å². The van der Waals surface area contributed by atoms with E-state index in [0.717, 1.165) is 16.9 Å². The van der Waals surface area contributed by atoms with Gasteiger partial charge in [-0.2, -0.15) is 0 Å². The molecule has 1 aromatic heterocycles. The molecule has 0 bridgehead atoms. The van der Waals surface area contributed by atoms with E-state index in [2.05, 4.69) is 53.1 Å². The molecule has 1 unspecified atom stereocenters. The van der Waals surface area contributed by atoms with Gasteiger partial charge in [0.1, 0.15) is 0 Å². The highest BCUT2D eigenvalue weighted by Crippen LogP contribution is 2.22. The van der Waals surface area contributed by atoms with Crippen LogP contribution in [0.25, 0.3) is 0 Å². The third-order valence-electron chi connectivity index (χ3n) is 2.85. The third-order valence-corrected chi connectivity index (χ3v) is 3.29. The molecule has 1 aromatic rings. The van der Waals surface area contributed by atoms with E-state index in [1.165, 1.54) is 24.8 Å². The molecule has 0 saturated carbocycles. The number of halogens is 1. The van der Waals surface area contributed by atoms with Gasteiger partial charge in [-0.15, -0.1) is 0 Å². The molecule has 96 valence electrons. The number of pyridine rings is 1. The Bertz CT molecular complexity index is 326. The summed E-state index contributed by atoms with van der Waals surface area (Å²) in [6, 6.07) is 2.60. The van der Waals surface area contributed by atoms with Crippen LogP contribution >= 0.6 is 15.9 Å².